The van der Waals surface area contributed by atoms with Gasteiger partial charge in [0, 0.05) is 4.90 Å². The van der Waals surface area contributed by atoms with Gasteiger partial charge < -0.3 is 25.8 Å². The van der Waals surface area contributed by atoms with Crippen molar-refractivity contribution in [2.75, 3.05) is 12.3 Å². The van der Waals surface area contributed by atoms with Gasteiger partial charge in [0.05, 0.1) is 12.9 Å². The predicted octanol–water partition coefficient (Wildman–Crippen LogP) is 0.480. The third-order valence-corrected chi connectivity index (χ3v) is 5.56. The molecule has 4 rings (SSSR count). The molecule has 10 heteroatoms. The Hall–Kier alpha value is -2.24. The molecule has 1 aliphatic rings. The molecule has 2 unspecified atom stereocenters. The van der Waals surface area contributed by atoms with Crippen LogP contribution in [0, 0.1) is 6.92 Å². The summed E-state index contributed by atoms with van der Waals surface area (Å²) in [6, 6.07) is 7.84. The maximum absolute atomic E-state index is 10.3. The molecular formula is C17H19N5O4S. The summed E-state index contributed by atoms with van der Waals surface area (Å²) in [5.41, 5.74) is 7.89. The lowest BCUT2D eigenvalue weighted by molar-refractivity contribution is -0.0511. The van der Waals surface area contributed by atoms with E-state index in [1.807, 2.05) is 31.2 Å². The fraction of sp³-hybridized carbons (Fsp3) is 0.353. The van der Waals surface area contributed by atoms with Crippen LogP contribution in [0.2, 0.25) is 0 Å². The Morgan fingerprint density at radius 3 is 2.70 bits per heavy atom. The van der Waals surface area contributed by atoms with Gasteiger partial charge in [-0.3, -0.25) is 4.57 Å². The zero-order valence-electron chi connectivity index (χ0n) is 14.4. The summed E-state index contributed by atoms with van der Waals surface area (Å²) in [6.07, 6.45) is -2.84. The van der Waals surface area contributed by atoms with Crippen LogP contribution in [-0.4, -0.2) is 59.8 Å². The highest BCUT2D eigenvalue weighted by atomic mass is 32.2. The SMILES string of the molecule is Cc1ccccc1Sc1nc(N)c2ncn([C@@H]3O[C@H](CO)C(O)C3O)c2n1. The van der Waals surface area contributed by atoms with Crippen LogP contribution in [0.15, 0.2) is 40.6 Å². The summed E-state index contributed by atoms with van der Waals surface area (Å²) in [5, 5.41) is 30.0. The molecule has 0 spiro atoms. The topological polar surface area (TPSA) is 140 Å². The van der Waals surface area contributed by atoms with Crippen LogP contribution < -0.4 is 5.73 Å². The maximum Gasteiger partial charge on any atom is 0.196 e. The van der Waals surface area contributed by atoms with E-state index >= 15 is 0 Å². The molecular weight excluding hydrogens is 370 g/mol. The summed E-state index contributed by atoms with van der Waals surface area (Å²) in [6.45, 7) is 1.58. The van der Waals surface area contributed by atoms with E-state index in [0.29, 0.717) is 16.3 Å². The second kappa shape index (κ2) is 7.06. The Morgan fingerprint density at radius 2 is 2.00 bits per heavy atom. The number of ether oxygens (including phenoxy) is 1. The highest BCUT2D eigenvalue weighted by molar-refractivity contribution is 7.99. The number of imidazole rings is 1. The van der Waals surface area contributed by atoms with Crippen molar-refractivity contribution in [3.63, 3.8) is 0 Å². The molecule has 27 heavy (non-hydrogen) atoms. The van der Waals surface area contributed by atoms with Crippen LogP contribution in [0.4, 0.5) is 5.82 Å². The number of fused-ring (bicyclic) bond motifs is 1. The fourth-order valence-electron chi connectivity index (χ4n) is 3.03. The smallest absolute Gasteiger partial charge is 0.196 e. The molecule has 0 saturated carbocycles. The molecule has 142 valence electrons. The van der Waals surface area contributed by atoms with Gasteiger partial charge in [-0.2, -0.15) is 0 Å². The maximum atomic E-state index is 10.3. The number of rotatable bonds is 4. The van der Waals surface area contributed by atoms with Crippen LogP contribution in [0.25, 0.3) is 11.2 Å². The monoisotopic (exact) mass is 389 g/mol. The number of benzene rings is 1. The normalized spacial score (nSPS) is 25.3. The largest absolute Gasteiger partial charge is 0.394 e. The van der Waals surface area contributed by atoms with Crippen LogP contribution in [0.5, 0.6) is 0 Å². The molecule has 0 amide bonds. The van der Waals surface area contributed by atoms with E-state index in [1.54, 1.807) is 0 Å². The van der Waals surface area contributed by atoms with Crippen LogP contribution in [0.3, 0.4) is 0 Å². The minimum absolute atomic E-state index is 0.210. The number of anilines is 1. The van der Waals surface area contributed by atoms with Crippen LogP contribution >= 0.6 is 11.8 Å². The number of aryl methyl sites for hydroxylation is 1. The summed E-state index contributed by atoms with van der Waals surface area (Å²) >= 11 is 1.37. The van der Waals surface area contributed by atoms with Crippen molar-refractivity contribution in [1.82, 2.24) is 19.5 Å². The number of hydrogen-bond acceptors (Lipinski definition) is 9. The summed E-state index contributed by atoms with van der Waals surface area (Å²) < 4.78 is 7.07. The number of hydrogen-bond donors (Lipinski definition) is 4. The number of nitrogen functional groups attached to an aromatic ring is 1. The van der Waals surface area contributed by atoms with E-state index in [1.165, 1.54) is 22.7 Å². The first-order valence-corrected chi connectivity index (χ1v) is 9.17. The van der Waals surface area contributed by atoms with E-state index in [4.69, 9.17) is 10.5 Å². The number of nitrogens with two attached hydrogens (primary N) is 1. The van der Waals surface area contributed by atoms with Crippen molar-refractivity contribution in [2.45, 2.75) is 41.5 Å². The standard InChI is InChI=1S/C17H19N5O4S/c1-8-4-2-3-5-10(8)27-17-20-14(18)11-15(21-17)22(7-19-11)16-13(25)12(24)9(6-23)26-16/h2-5,7,9,12-13,16,23-25H,6H2,1H3,(H2,18,20,21)/t9-,12?,13?,16-/m1/s1. The van der Waals surface area contributed by atoms with Crippen molar-refractivity contribution < 1.29 is 20.1 Å². The second-order valence-corrected chi connectivity index (χ2v) is 7.32. The van der Waals surface area contributed by atoms with E-state index < -0.39 is 31.1 Å². The fourth-order valence-corrected chi connectivity index (χ4v) is 3.88. The predicted molar refractivity (Wildman–Crippen MR) is 98.0 cm³/mol. The highest BCUT2D eigenvalue weighted by Crippen LogP contribution is 2.34. The summed E-state index contributed by atoms with van der Waals surface area (Å²) in [7, 11) is 0. The highest BCUT2D eigenvalue weighted by Gasteiger charge is 2.44. The average molecular weight is 389 g/mol. The Bertz CT molecular complexity index is 981. The molecule has 0 aliphatic carbocycles. The molecule has 5 N–H and O–H groups in total. The molecule has 0 radical (unpaired) electrons. The Kier molecular flexibility index (Phi) is 4.74. The lowest BCUT2D eigenvalue weighted by Gasteiger charge is -2.16. The first-order valence-electron chi connectivity index (χ1n) is 8.35. The van der Waals surface area contributed by atoms with Crippen molar-refractivity contribution in [1.29, 1.82) is 0 Å². The molecule has 2 aromatic heterocycles. The zero-order valence-corrected chi connectivity index (χ0v) is 15.2. The molecule has 1 aliphatic heterocycles. The molecule has 1 fully saturated rings. The quantitative estimate of drug-likeness (QED) is 0.469. The van der Waals surface area contributed by atoms with Gasteiger partial charge in [-0.05, 0) is 30.3 Å². The summed E-state index contributed by atoms with van der Waals surface area (Å²) in [4.78, 5) is 14.0. The van der Waals surface area contributed by atoms with Gasteiger partial charge in [0.15, 0.2) is 22.8 Å². The molecule has 0 bridgehead atoms. The van der Waals surface area contributed by atoms with Gasteiger partial charge in [0.2, 0.25) is 0 Å². The number of aromatic nitrogens is 4. The van der Waals surface area contributed by atoms with E-state index in [0.717, 1.165) is 10.5 Å². The number of nitrogens with zero attached hydrogens (tertiary/aromatic N) is 4. The number of aliphatic hydroxyl groups excluding tert-OH is 3. The minimum atomic E-state index is -1.23. The molecule has 4 atom stereocenters. The zero-order chi connectivity index (χ0) is 19.1. The summed E-state index contributed by atoms with van der Waals surface area (Å²) in [5.74, 6) is 0.210. The van der Waals surface area contributed by atoms with Gasteiger partial charge in [0.1, 0.15) is 23.8 Å². The Labute approximate surface area is 158 Å². The van der Waals surface area contributed by atoms with Gasteiger partial charge in [-0.25, -0.2) is 15.0 Å². The molecule has 9 nitrogen and oxygen atoms in total. The molecule has 1 aromatic carbocycles. The first kappa shape index (κ1) is 18.1. The Morgan fingerprint density at radius 1 is 1.22 bits per heavy atom. The Balaban J connectivity index is 1.74. The van der Waals surface area contributed by atoms with Crippen molar-refractivity contribution in [3.8, 4) is 0 Å². The van der Waals surface area contributed by atoms with Crippen molar-refractivity contribution in [3.05, 3.63) is 36.2 Å². The van der Waals surface area contributed by atoms with E-state index in [-0.39, 0.29) is 5.82 Å². The van der Waals surface area contributed by atoms with Gasteiger partial charge in [-0.15, -0.1) is 0 Å². The lowest BCUT2D eigenvalue weighted by Crippen LogP contribution is -2.33. The van der Waals surface area contributed by atoms with E-state index in [9.17, 15) is 15.3 Å². The first-order chi connectivity index (χ1) is 13.0. The van der Waals surface area contributed by atoms with Gasteiger partial charge >= 0.3 is 0 Å². The van der Waals surface area contributed by atoms with Crippen molar-refractivity contribution in [2.24, 2.45) is 0 Å². The third kappa shape index (κ3) is 3.15. The van der Waals surface area contributed by atoms with Crippen LogP contribution in [0.1, 0.15) is 11.8 Å². The second-order valence-electron chi connectivity index (χ2n) is 6.31. The van der Waals surface area contributed by atoms with Crippen molar-refractivity contribution >= 4 is 28.7 Å². The molecule has 3 aromatic rings. The molecule has 3 heterocycles. The van der Waals surface area contributed by atoms with Gasteiger partial charge in [0.25, 0.3) is 0 Å². The van der Waals surface area contributed by atoms with Gasteiger partial charge in [-0.1, -0.05) is 18.2 Å². The average Bonchev–Trinajstić information content (AvgIpc) is 3.19. The number of aliphatic hydroxyl groups is 3. The van der Waals surface area contributed by atoms with E-state index in [2.05, 4.69) is 15.0 Å². The molecule has 1 saturated heterocycles. The third-order valence-electron chi connectivity index (χ3n) is 4.51. The lowest BCUT2D eigenvalue weighted by atomic mass is 10.1. The minimum Gasteiger partial charge on any atom is -0.394 e. The van der Waals surface area contributed by atoms with Crippen LogP contribution in [-0.2, 0) is 4.74 Å².